The number of rotatable bonds is 3. The molecule has 3 heterocycles. The molecule has 1 aliphatic rings. The number of hydrogen-bond acceptors (Lipinski definition) is 5. The molecule has 164 valence electrons. The maximum absolute atomic E-state index is 13.1. The molecule has 1 aliphatic heterocycles. The smallest absolute Gasteiger partial charge is 0.407 e. The lowest BCUT2D eigenvalue weighted by atomic mass is 9.75. The van der Waals surface area contributed by atoms with Gasteiger partial charge in [-0.15, -0.1) is 0 Å². The van der Waals surface area contributed by atoms with Gasteiger partial charge in [-0.05, 0) is 18.3 Å². The van der Waals surface area contributed by atoms with E-state index in [1.165, 1.54) is 15.8 Å². The van der Waals surface area contributed by atoms with Gasteiger partial charge in [0.1, 0.15) is 16.7 Å². The topological polar surface area (TPSA) is 124 Å². The SMILES string of the molecule is CC(C)(C)C1CC(O)(Cn2cnc3c(-c4ccccc4)n[nH]c3c2=O)CCN1C(=O)O. The van der Waals surface area contributed by atoms with Gasteiger partial charge in [-0.3, -0.25) is 14.5 Å². The van der Waals surface area contributed by atoms with Crippen LogP contribution >= 0.6 is 0 Å². The van der Waals surface area contributed by atoms with Gasteiger partial charge >= 0.3 is 6.09 Å². The number of carbonyl (C=O) groups is 1. The Morgan fingerprint density at radius 2 is 2.00 bits per heavy atom. The van der Waals surface area contributed by atoms with E-state index in [9.17, 15) is 19.8 Å². The van der Waals surface area contributed by atoms with Crippen molar-refractivity contribution in [3.63, 3.8) is 0 Å². The summed E-state index contributed by atoms with van der Waals surface area (Å²) in [5.74, 6) is 0. The Morgan fingerprint density at radius 3 is 2.65 bits per heavy atom. The lowest BCUT2D eigenvalue weighted by molar-refractivity contribution is -0.0738. The average molecular weight is 425 g/mol. The summed E-state index contributed by atoms with van der Waals surface area (Å²) in [5.41, 5.74) is 0.320. The highest BCUT2D eigenvalue weighted by Gasteiger charge is 2.45. The van der Waals surface area contributed by atoms with E-state index in [1.54, 1.807) is 0 Å². The summed E-state index contributed by atoms with van der Waals surface area (Å²) in [7, 11) is 0. The molecule has 2 unspecified atom stereocenters. The third-order valence-corrected chi connectivity index (χ3v) is 6.07. The fourth-order valence-corrected chi connectivity index (χ4v) is 4.36. The number of aliphatic hydroxyl groups is 1. The molecule has 1 saturated heterocycles. The third-order valence-electron chi connectivity index (χ3n) is 6.07. The van der Waals surface area contributed by atoms with Crippen molar-refractivity contribution >= 4 is 17.1 Å². The second-order valence-corrected chi connectivity index (χ2v) is 9.38. The molecule has 9 nitrogen and oxygen atoms in total. The molecule has 0 saturated carbocycles. The van der Waals surface area contributed by atoms with E-state index >= 15 is 0 Å². The monoisotopic (exact) mass is 425 g/mol. The maximum atomic E-state index is 13.1. The number of nitrogens with zero attached hydrogens (tertiary/aromatic N) is 4. The summed E-state index contributed by atoms with van der Waals surface area (Å²) in [6, 6.07) is 9.11. The molecule has 1 amide bonds. The molecule has 3 aromatic rings. The summed E-state index contributed by atoms with van der Waals surface area (Å²) < 4.78 is 1.38. The van der Waals surface area contributed by atoms with Crippen molar-refractivity contribution in [3.05, 3.63) is 47.0 Å². The first-order valence-electron chi connectivity index (χ1n) is 10.3. The molecule has 31 heavy (non-hydrogen) atoms. The molecule has 1 fully saturated rings. The quantitative estimate of drug-likeness (QED) is 0.593. The van der Waals surface area contributed by atoms with E-state index in [0.29, 0.717) is 11.2 Å². The highest BCUT2D eigenvalue weighted by molar-refractivity contribution is 5.88. The molecule has 2 aromatic heterocycles. The van der Waals surface area contributed by atoms with Gasteiger partial charge in [-0.1, -0.05) is 51.1 Å². The number of aromatic amines is 1. The van der Waals surface area contributed by atoms with Crippen molar-refractivity contribution in [2.24, 2.45) is 5.41 Å². The van der Waals surface area contributed by atoms with Crippen LogP contribution in [0.4, 0.5) is 4.79 Å². The lowest BCUT2D eigenvalue weighted by Crippen LogP contribution is -2.58. The number of benzene rings is 1. The van der Waals surface area contributed by atoms with Crippen molar-refractivity contribution in [2.45, 2.75) is 51.8 Å². The standard InChI is InChI=1S/C22H27N5O4/c1-21(2,3)15-11-22(31,9-10-27(15)20(29)30)12-26-13-23-17-16(14-7-5-4-6-8-14)24-25-18(17)19(26)28/h4-8,13,15,31H,9-12H2,1-3H3,(H,24,25)(H,29,30). The Hall–Kier alpha value is -3.20. The summed E-state index contributed by atoms with van der Waals surface area (Å²) in [6.07, 6.45) is 0.925. The highest BCUT2D eigenvalue weighted by atomic mass is 16.4. The normalized spacial score (nSPS) is 22.1. The van der Waals surface area contributed by atoms with Crippen molar-refractivity contribution in [1.29, 1.82) is 0 Å². The van der Waals surface area contributed by atoms with Crippen LogP contribution in [0.1, 0.15) is 33.6 Å². The molecule has 0 bridgehead atoms. The van der Waals surface area contributed by atoms with E-state index in [2.05, 4.69) is 15.2 Å². The molecule has 3 N–H and O–H groups in total. The number of nitrogens with one attached hydrogen (secondary N) is 1. The van der Waals surface area contributed by atoms with Gasteiger partial charge in [0.25, 0.3) is 5.56 Å². The number of H-pyrrole nitrogens is 1. The first-order chi connectivity index (χ1) is 14.6. The number of amides is 1. The van der Waals surface area contributed by atoms with Gasteiger partial charge in [0.2, 0.25) is 0 Å². The van der Waals surface area contributed by atoms with Crippen molar-refractivity contribution < 1.29 is 15.0 Å². The van der Waals surface area contributed by atoms with Crippen LogP contribution in [-0.2, 0) is 6.54 Å². The van der Waals surface area contributed by atoms with Crippen LogP contribution in [0, 0.1) is 5.41 Å². The number of hydrogen-bond donors (Lipinski definition) is 3. The summed E-state index contributed by atoms with van der Waals surface area (Å²) in [4.78, 5) is 30.6. The van der Waals surface area contributed by atoms with Gasteiger partial charge < -0.3 is 15.1 Å². The second kappa shape index (κ2) is 7.49. The van der Waals surface area contributed by atoms with Crippen LogP contribution in [0.5, 0.6) is 0 Å². The van der Waals surface area contributed by atoms with Gasteiger partial charge in [-0.2, -0.15) is 5.10 Å². The zero-order chi connectivity index (χ0) is 22.4. The summed E-state index contributed by atoms with van der Waals surface area (Å²) >= 11 is 0. The van der Waals surface area contributed by atoms with Crippen LogP contribution in [0.15, 0.2) is 41.5 Å². The molecular weight excluding hydrogens is 398 g/mol. The maximum Gasteiger partial charge on any atom is 0.407 e. The van der Waals surface area contributed by atoms with Crippen molar-refractivity contribution in [3.8, 4) is 11.3 Å². The largest absolute Gasteiger partial charge is 0.465 e. The molecule has 0 aliphatic carbocycles. The molecule has 9 heteroatoms. The van der Waals surface area contributed by atoms with Crippen LogP contribution in [0.2, 0.25) is 0 Å². The molecule has 0 spiro atoms. The zero-order valence-corrected chi connectivity index (χ0v) is 17.9. The number of fused-ring (bicyclic) bond motifs is 1. The fourth-order valence-electron chi connectivity index (χ4n) is 4.36. The first-order valence-corrected chi connectivity index (χ1v) is 10.3. The minimum atomic E-state index is -1.22. The van der Waals surface area contributed by atoms with Gasteiger partial charge in [-0.25, -0.2) is 9.78 Å². The molecular formula is C22H27N5O4. The average Bonchev–Trinajstić information content (AvgIpc) is 3.15. The Labute approximate surface area is 179 Å². The predicted molar refractivity (Wildman–Crippen MR) is 116 cm³/mol. The minimum Gasteiger partial charge on any atom is -0.465 e. The van der Waals surface area contributed by atoms with E-state index < -0.39 is 11.7 Å². The molecule has 0 radical (unpaired) electrons. The Morgan fingerprint density at radius 1 is 1.29 bits per heavy atom. The second-order valence-electron chi connectivity index (χ2n) is 9.38. The Balaban J connectivity index is 1.65. The van der Waals surface area contributed by atoms with Crippen LogP contribution < -0.4 is 5.56 Å². The Kier molecular flexibility index (Phi) is 5.09. The predicted octanol–water partition coefficient (Wildman–Crippen LogP) is 2.71. The number of likely N-dealkylation sites (tertiary alicyclic amines) is 1. The van der Waals surface area contributed by atoms with Gasteiger partial charge in [0, 0.05) is 18.2 Å². The van der Waals surface area contributed by atoms with E-state index in [4.69, 9.17) is 0 Å². The van der Waals surface area contributed by atoms with Crippen LogP contribution in [0.25, 0.3) is 22.3 Å². The minimum absolute atomic E-state index is 0.0362. The Bertz CT molecular complexity index is 1160. The van der Waals surface area contributed by atoms with Crippen LogP contribution in [0.3, 0.4) is 0 Å². The lowest BCUT2D eigenvalue weighted by Gasteiger charge is -2.48. The number of aromatic nitrogens is 4. The highest BCUT2D eigenvalue weighted by Crippen LogP contribution is 2.37. The number of piperidine rings is 1. The summed E-state index contributed by atoms with van der Waals surface area (Å²) in [5, 5.41) is 27.9. The van der Waals surface area contributed by atoms with Crippen molar-refractivity contribution in [1.82, 2.24) is 24.6 Å². The zero-order valence-electron chi connectivity index (χ0n) is 17.9. The van der Waals surface area contributed by atoms with Gasteiger partial charge in [0.05, 0.1) is 18.5 Å². The third kappa shape index (κ3) is 3.93. The number of carboxylic acid groups (broad SMARTS) is 1. The van der Waals surface area contributed by atoms with Crippen LogP contribution in [-0.4, -0.2) is 59.1 Å². The van der Waals surface area contributed by atoms with E-state index in [0.717, 1.165) is 5.56 Å². The molecule has 4 rings (SSSR count). The fraction of sp³-hybridized carbons (Fsp3) is 0.455. The van der Waals surface area contributed by atoms with E-state index in [-0.39, 0.29) is 48.5 Å². The summed E-state index contributed by atoms with van der Waals surface area (Å²) in [6.45, 7) is 6.10. The molecule has 1 aromatic carbocycles. The molecule has 2 atom stereocenters. The van der Waals surface area contributed by atoms with Gasteiger partial charge in [0.15, 0.2) is 0 Å². The van der Waals surface area contributed by atoms with E-state index in [1.807, 2.05) is 51.1 Å². The van der Waals surface area contributed by atoms with Crippen molar-refractivity contribution in [2.75, 3.05) is 6.54 Å². The first kappa shape index (κ1) is 21.0.